The second kappa shape index (κ2) is 6.71. The zero-order chi connectivity index (χ0) is 13.6. The molecule has 1 heterocycles. The van der Waals surface area contributed by atoms with Crippen LogP contribution in [-0.4, -0.2) is 11.7 Å². The van der Waals surface area contributed by atoms with Gasteiger partial charge < -0.3 is 9.84 Å². The molecule has 0 amide bonds. The van der Waals surface area contributed by atoms with E-state index in [0.717, 1.165) is 36.0 Å². The first-order valence-corrected chi connectivity index (χ1v) is 7.63. The molecule has 1 saturated carbocycles. The van der Waals surface area contributed by atoms with E-state index in [1.54, 1.807) is 0 Å². The Balaban J connectivity index is 1.50. The van der Waals surface area contributed by atoms with E-state index >= 15 is 0 Å². The number of hydrogen-bond donors (Lipinski definition) is 1. The lowest BCUT2D eigenvalue weighted by molar-refractivity contribution is 0.339. The average molecular weight is 270 g/mol. The van der Waals surface area contributed by atoms with Gasteiger partial charge in [0, 0.05) is 18.2 Å². The van der Waals surface area contributed by atoms with Crippen molar-refractivity contribution in [2.24, 2.45) is 5.92 Å². The molecule has 1 fully saturated rings. The first kappa shape index (κ1) is 13.4. The molecule has 1 aliphatic carbocycles. The number of aromatic nitrogens is 1. The second-order valence-electron chi connectivity index (χ2n) is 5.68. The van der Waals surface area contributed by atoms with Gasteiger partial charge in [-0.2, -0.15) is 0 Å². The van der Waals surface area contributed by atoms with Gasteiger partial charge in [0.1, 0.15) is 0 Å². The topological polar surface area (TPSA) is 38.1 Å². The normalized spacial score (nSPS) is 16.4. The number of nitrogens with zero attached hydrogens (tertiary/aromatic N) is 1. The van der Waals surface area contributed by atoms with Crippen molar-refractivity contribution in [3.8, 4) is 11.3 Å². The molecule has 0 unspecified atom stereocenters. The molecule has 20 heavy (non-hydrogen) atoms. The summed E-state index contributed by atoms with van der Waals surface area (Å²) in [5.74, 6) is 1.70. The number of rotatable bonds is 5. The van der Waals surface area contributed by atoms with Crippen LogP contribution in [0.25, 0.3) is 11.3 Å². The SMILES string of the molecule is c1ccc(-c2cc(CNCC3CCCCC3)no2)cc1. The molecule has 1 aromatic carbocycles. The van der Waals surface area contributed by atoms with Crippen LogP contribution in [0, 0.1) is 5.92 Å². The van der Waals surface area contributed by atoms with Gasteiger partial charge in [-0.3, -0.25) is 0 Å². The monoisotopic (exact) mass is 270 g/mol. The maximum absolute atomic E-state index is 5.40. The maximum Gasteiger partial charge on any atom is 0.167 e. The third-order valence-corrected chi connectivity index (χ3v) is 4.08. The summed E-state index contributed by atoms with van der Waals surface area (Å²) in [7, 11) is 0. The first-order chi connectivity index (χ1) is 9.92. The van der Waals surface area contributed by atoms with E-state index in [4.69, 9.17) is 4.52 Å². The van der Waals surface area contributed by atoms with Crippen LogP contribution in [0.1, 0.15) is 37.8 Å². The Kier molecular flexibility index (Phi) is 4.49. The number of benzene rings is 1. The summed E-state index contributed by atoms with van der Waals surface area (Å²) in [5.41, 5.74) is 2.07. The Bertz CT molecular complexity index is 515. The number of nitrogens with one attached hydrogen (secondary N) is 1. The summed E-state index contributed by atoms with van der Waals surface area (Å²) in [6.45, 7) is 1.90. The molecule has 3 heteroatoms. The lowest BCUT2D eigenvalue weighted by atomic mass is 9.89. The molecule has 0 aliphatic heterocycles. The van der Waals surface area contributed by atoms with Crippen molar-refractivity contribution in [3.05, 3.63) is 42.1 Å². The standard InChI is InChI=1S/C17H22N2O/c1-3-7-14(8-4-1)12-18-13-16-11-17(20-19-16)15-9-5-2-6-10-15/h2,5-6,9-11,14,18H,1,3-4,7-8,12-13H2. The molecule has 0 radical (unpaired) electrons. The van der Waals surface area contributed by atoms with Crippen LogP contribution < -0.4 is 5.32 Å². The minimum atomic E-state index is 0.798. The predicted molar refractivity (Wildman–Crippen MR) is 80.2 cm³/mol. The summed E-state index contributed by atoms with van der Waals surface area (Å²) in [6.07, 6.45) is 6.96. The van der Waals surface area contributed by atoms with E-state index in [0.29, 0.717) is 0 Å². The molecule has 0 saturated heterocycles. The molecule has 106 valence electrons. The Hall–Kier alpha value is -1.61. The van der Waals surface area contributed by atoms with Crippen molar-refractivity contribution in [1.82, 2.24) is 10.5 Å². The highest BCUT2D eigenvalue weighted by molar-refractivity contribution is 5.56. The molecule has 1 N–H and O–H groups in total. The van der Waals surface area contributed by atoms with Crippen LogP contribution in [0.5, 0.6) is 0 Å². The summed E-state index contributed by atoms with van der Waals surface area (Å²) in [4.78, 5) is 0. The van der Waals surface area contributed by atoms with Crippen molar-refractivity contribution in [3.63, 3.8) is 0 Å². The van der Waals surface area contributed by atoms with Gasteiger partial charge in [-0.05, 0) is 25.3 Å². The lowest BCUT2D eigenvalue weighted by Crippen LogP contribution is -2.24. The van der Waals surface area contributed by atoms with E-state index in [1.165, 1.54) is 32.1 Å². The number of hydrogen-bond acceptors (Lipinski definition) is 3. The van der Waals surface area contributed by atoms with Crippen molar-refractivity contribution in [2.75, 3.05) is 6.54 Å². The Morgan fingerprint density at radius 3 is 2.70 bits per heavy atom. The van der Waals surface area contributed by atoms with Gasteiger partial charge in [0.15, 0.2) is 5.76 Å². The predicted octanol–water partition coefficient (Wildman–Crippen LogP) is 4.01. The lowest BCUT2D eigenvalue weighted by Gasteiger charge is -2.21. The van der Waals surface area contributed by atoms with Crippen LogP contribution >= 0.6 is 0 Å². The van der Waals surface area contributed by atoms with Crippen LogP contribution in [0.3, 0.4) is 0 Å². The molecule has 3 rings (SSSR count). The highest BCUT2D eigenvalue weighted by Crippen LogP contribution is 2.23. The molecule has 0 spiro atoms. The van der Waals surface area contributed by atoms with Crippen molar-refractivity contribution in [1.29, 1.82) is 0 Å². The van der Waals surface area contributed by atoms with Gasteiger partial charge in [0.25, 0.3) is 0 Å². The van der Waals surface area contributed by atoms with Crippen LogP contribution in [0.4, 0.5) is 0 Å². The van der Waals surface area contributed by atoms with Gasteiger partial charge in [0.2, 0.25) is 0 Å². The zero-order valence-corrected chi connectivity index (χ0v) is 11.8. The van der Waals surface area contributed by atoms with Gasteiger partial charge in [0.05, 0.1) is 5.69 Å². The molecular weight excluding hydrogens is 248 g/mol. The van der Waals surface area contributed by atoms with Crippen molar-refractivity contribution in [2.45, 2.75) is 38.6 Å². The third-order valence-electron chi connectivity index (χ3n) is 4.08. The molecule has 3 nitrogen and oxygen atoms in total. The zero-order valence-electron chi connectivity index (χ0n) is 11.8. The van der Waals surface area contributed by atoms with Gasteiger partial charge in [-0.15, -0.1) is 0 Å². The van der Waals surface area contributed by atoms with E-state index in [1.807, 2.05) is 36.4 Å². The fourth-order valence-corrected chi connectivity index (χ4v) is 2.93. The fraction of sp³-hybridized carbons (Fsp3) is 0.471. The summed E-state index contributed by atoms with van der Waals surface area (Å²) in [6, 6.07) is 12.1. The largest absolute Gasteiger partial charge is 0.356 e. The fourth-order valence-electron chi connectivity index (χ4n) is 2.93. The van der Waals surface area contributed by atoms with Gasteiger partial charge in [-0.25, -0.2) is 0 Å². The smallest absolute Gasteiger partial charge is 0.167 e. The van der Waals surface area contributed by atoms with Crippen molar-refractivity contribution < 1.29 is 4.52 Å². The summed E-state index contributed by atoms with van der Waals surface area (Å²) in [5, 5.41) is 7.65. The third kappa shape index (κ3) is 3.48. The van der Waals surface area contributed by atoms with Gasteiger partial charge in [-0.1, -0.05) is 54.8 Å². The molecule has 0 bridgehead atoms. The first-order valence-electron chi connectivity index (χ1n) is 7.63. The van der Waals surface area contributed by atoms with Crippen LogP contribution in [0.15, 0.2) is 40.9 Å². The molecule has 0 atom stereocenters. The highest BCUT2D eigenvalue weighted by atomic mass is 16.5. The second-order valence-corrected chi connectivity index (χ2v) is 5.68. The minimum Gasteiger partial charge on any atom is -0.356 e. The molecule has 1 aliphatic rings. The van der Waals surface area contributed by atoms with E-state index in [-0.39, 0.29) is 0 Å². The summed E-state index contributed by atoms with van der Waals surface area (Å²) >= 11 is 0. The Labute approximate surface area is 120 Å². The van der Waals surface area contributed by atoms with Gasteiger partial charge >= 0.3 is 0 Å². The Morgan fingerprint density at radius 2 is 1.90 bits per heavy atom. The Morgan fingerprint density at radius 1 is 1.10 bits per heavy atom. The van der Waals surface area contributed by atoms with E-state index < -0.39 is 0 Å². The molecule has 2 aromatic rings. The van der Waals surface area contributed by atoms with E-state index in [2.05, 4.69) is 10.5 Å². The molecule has 1 aromatic heterocycles. The quantitative estimate of drug-likeness (QED) is 0.892. The summed E-state index contributed by atoms with van der Waals surface area (Å²) < 4.78 is 5.40. The van der Waals surface area contributed by atoms with Crippen LogP contribution in [-0.2, 0) is 6.54 Å². The average Bonchev–Trinajstić information content (AvgIpc) is 2.98. The molecular formula is C17H22N2O. The van der Waals surface area contributed by atoms with E-state index in [9.17, 15) is 0 Å². The highest BCUT2D eigenvalue weighted by Gasteiger charge is 2.13. The van der Waals surface area contributed by atoms with Crippen molar-refractivity contribution >= 4 is 0 Å². The van der Waals surface area contributed by atoms with Crippen LogP contribution in [0.2, 0.25) is 0 Å². The maximum atomic E-state index is 5.40. The minimum absolute atomic E-state index is 0.798.